The van der Waals surface area contributed by atoms with E-state index in [1.165, 1.54) is 0 Å². The number of azo groups is 1. The summed E-state index contributed by atoms with van der Waals surface area (Å²) in [7, 11) is -2.12. The number of hydrogen-bond acceptors (Lipinski definition) is 4. The molecule has 0 saturated heterocycles. The van der Waals surface area contributed by atoms with Crippen molar-refractivity contribution in [3.8, 4) is 0 Å². The molecule has 0 aromatic heterocycles. The van der Waals surface area contributed by atoms with E-state index in [1.807, 2.05) is 0 Å². The van der Waals surface area contributed by atoms with Crippen molar-refractivity contribution in [1.82, 2.24) is 0 Å². The summed E-state index contributed by atoms with van der Waals surface area (Å²) in [5.74, 6) is 0. The number of rotatable bonds is 8. The predicted molar refractivity (Wildman–Crippen MR) is 91.1 cm³/mol. The highest BCUT2D eigenvalue weighted by Gasteiger charge is 2.36. The zero-order valence-electron chi connectivity index (χ0n) is 14.7. The van der Waals surface area contributed by atoms with Gasteiger partial charge in [0.15, 0.2) is 0 Å². The van der Waals surface area contributed by atoms with Gasteiger partial charge in [-0.25, -0.2) is 9.59 Å². The van der Waals surface area contributed by atoms with Gasteiger partial charge < -0.3 is 9.16 Å². The standard InChI is InChI=1S/C16H30N2O4Si/c1-4-11-23(12-5-2,13-6-3)22-16(20)18-17-15(19)21-14-9-7-8-10-14/h14H,4-13H2,1-3H3. The number of carbonyl (C=O) groups is 2. The smallest absolute Gasteiger partial charge is 0.452 e. The molecule has 1 fully saturated rings. The molecule has 0 atom stereocenters. The van der Waals surface area contributed by atoms with Crippen LogP contribution in [0.1, 0.15) is 65.7 Å². The highest BCUT2D eigenvalue weighted by atomic mass is 28.4. The summed E-state index contributed by atoms with van der Waals surface area (Å²) in [6, 6.07) is 2.80. The third-order valence-electron chi connectivity index (χ3n) is 4.20. The average molecular weight is 343 g/mol. The van der Waals surface area contributed by atoms with Crippen LogP contribution < -0.4 is 0 Å². The topological polar surface area (TPSA) is 77.3 Å². The Kier molecular flexibility index (Phi) is 9.05. The Morgan fingerprint density at radius 3 is 1.87 bits per heavy atom. The first-order valence-corrected chi connectivity index (χ1v) is 11.4. The van der Waals surface area contributed by atoms with Crippen molar-refractivity contribution >= 4 is 20.5 Å². The normalized spacial score (nSPS) is 16.0. The maximum absolute atomic E-state index is 12.0. The van der Waals surface area contributed by atoms with Crippen LogP contribution in [0.3, 0.4) is 0 Å². The largest absolute Gasteiger partial charge is 0.501 e. The van der Waals surface area contributed by atoms with E-state index in [9.17, 15) is 9.59 Å². The van der Waals surface area contributed by atoms with Gasteiger partial charge in [-0.3, -0.25) is 0 Å². The fraction of sp³-hybridized carbons (Fsp3) is 0.875. The number of carbonyl (C=O) groups excluding carboxylic acids is 2. The van der Waals surface area contributed by atoms with Gasteiger partial charge in [0.2, 0.25) is 0 Å². The highest BCUT2D eigenvalue weighted by molar-refractivity contribution is 6.75. The van der Waals surface area contributed by atoms with Crippen LogP contribution in [0, 0.1) is 0 Å². The Balaban J connectivity index is 2.55. The van der Waals surface area contributed by atoms with Gasteiger partial charge in [-0.15, -0.1) is 0 Å². The van der Waals surface area contributed by atoms with Gasteiger partial charge in [0.05, 0.1) is 0 Å². The Bertz CT molecular complexity index is 392. The van der Waals surface area contributed by atoms with Crippen LogP contribution in [0.5, 0.6) is 0 Å². The molecule has 0 aromatic carbocycles. The predicted octanol–water partition coefficient (Wildman–Crippen LogP) is 5.83. The first-order chi connectivity index (χ1) is 11.0. The molecule has 0 N–H and O–H groups in total. The minimum absolute atomic E-state index is 0.0776. The zero-order chi connectivity index (χ0) is 17.1. The minimum atomic E-state index is -2.12. The molecule has 1 saturated carbocycles. The molecule has 0 radical (unpaired) electrons. The van der Waals surface area contributed by atoms with Gasteiger partial charge in [0.25, 0.3) is 8.32 Å². The van der Waals surface area contributed by atoms with E-state index in [0.717, 1.165) is 63.1 Å². The number of amides is 2. The van der Waals surface area contributed by atoms with Crippen LogP contribution in [0.25, 0.3) is 0 Å². The molecule has 0 heterocycles. The van der Waals surface area contributed by atoms with Crippen molar-refractivity contribution in [2.45, 2.75) is 90.0 Å². The second-order valence-electron chi connectivity index (χ2n) is 6.29. The van der Waals surface area contributed by atoms with Crippen LogP contribution in [0.2, 0.25) is 18.1 Å². The molecule has 0 spiro atoms. The van der Waals surface area contributed by atoms with Crippen molar-refractivity contribution in [3.05, 3.63) is 0 Å². The molecule has 23 heavy (non-hydrogen) atoms. The maximum atomic E-state index is 12.0. The molecule has 0 unspecified atom stereocenters. The third-order valence-corrected chi connectivity index (χ3v) is 9.04. The minimum Gasteiger partial charge on any atom is -0.501 e. The third kappa shape index (κ3) is 7.24. The number of nitrogens with zero attached hydrogens (tertiary/aromatic N) is 2. The molecular formula is C16H30N2O4Si. The van der Waals surface area contributed by atoms with Crippen LogP contribution in [-0.2, 0) is 9.16 Å². The highest BCUT2D eigenvalue weighted by Crippen LogP contribution is 2.28. The SMILES string of the molecule is CCC[Si](CCC)(CCC)OC(=O)N=NC(=O)OC1CCCC1. The first-order valence-electron chi connectivity index (χ1n) is 8.90. The second-order valence-corrected chi connectivity index (χ2v) is 10.4. The summed E-state index contributed by atoms with van der Waals surface area (Å²) in [6.07, 6.45) is 5.22. The molecule has 132 valence electrons. The lowest BCUT2D eigenvalue weighted by Gasteiger charge is -2.29. The monoisotopic (exact) mass is 342 g/mol. The Labute approximate surface area is 140 Å². The molecule has 6 nitrogen and oxygen atoms in total. The van der Waals surface area contributed by atoms with E-state index in [2.05, 4.69) is 31.0 Å². The van der Waals surface area contributed by atoms with Crippen molar-refractivity contribution in [2.75, 3.05) is 0 Å². The quantitative estimate of drug-likeness (QED) is 0.410. The summed E-state index contributed by atoms with van der Waals surface area (Å²) in [4.78, 5) is 23.5. The van der Waals surface area contributed by atoms with Crippen molar-refractivity contribution in [2.24, 2.45) is 10.2 Å². The van der Waals surface area contributed by atoms with Crippen LogP contribution in [-0.4, -0.2) is 26.6 Å². The van der Waals surface area contributed by atoms with Crippen LogP contribution in [0.15, 0.2) is 10.2 Å². The summed E-state index contributed by atoms with van der Waals surface area (Å²) in [5, 5.41) is 6.79. The Morgan fingerprint density at radius 1 is 0.913 bits per heavy atom. The molecular weight excluding hydrogens is 312 g/mol. The summed E-state index contributed by atoms with van der Waals surface area (Å²) >= 11 is 0. The van der Waals surface area contributed by atoms with Gasteiger partial charge in [-0.05, 0) is 43.8 Å². The molecule has 1 rings (SSSR count). The Hall–Kier alpha value is -1.24. The van der Waals surface area contributed by atoms with Crippen molar-refractivity contribution < 1.29 is 18.8 Å². The van der Waals surface area contributed by atoms with E-state index in [-0.39, 0.29) is 6.10 Å². The molecule has 0 bridgehead atoms. The van der Waals surface area contributed by atoms with Gasteiger partial charge in [-0.1, -0.05) is 50.3 Å². The summed E-state index contributed by atoms with van der Waals surface area (Å²) < 4.78 is 10.9. The van der Waals surface area contributed by atoms with Crippen molar-refractivity contribution in [3.63, 3.8) is 0 Å². The number of hydrogen-bond donors (Lipinski definition) is 0. The average Bonchev–Trinajstić information content (AvgIpc) is 2.99. The molecule has 1 aliphatic carbocycles. The van der Waals surface area contributed by atoms with Gasteiger partial charge in [-0.2, -0.15) is 0 Å². The van der Waals surface area contributed by atoms with Crippen LogP contribution in [0.4, 0.5) is 9.59 Å². The maximum Gasteiger partial charge on any atom is 0.452 e. The number of ether oxygens (including phenoxy) is 1. The molecule has 0 aliphatic heterocycles. The van der Waals surface area contributed by atoms with Gasteiger partial charge in [0, 0.05) is 0 Å². The fourth-order valence-electron chi connectivity index (χ4n) is 3.35. The fourth-order valence-corrected chi connectivity index (χ4v) is 7.56. The Morgan fingerprint density at radius 2 is 1.39 bits per heavy atom. The zero-order valence-corrected chi connectivity index (χ0v) is 15.7. The lowest BCUT2D eigenvalue weighted by Crippen LogP contribution is -2.39. The van der Waals surface area contributed by atoms with Gasteiger partial charge in [0.1, 0.15) is 6.10 Å². The van der Waals surface area contributed by atoms with Crippen molar-refractivity contribution in [1.29, 1.82) is 0 Å². The molecule has 2 amide bonds. The lowest BCUT2D eigenvalue weighted by molar-refractivity contribution is 0.108. The first kappa shape index (κ1) is 19.8. The summed E-state index contributed by atoms with van der Waals surface area (Å²) in [5.41, 5.74) is 0. The molecule has 1 aliphatic rings. The van der Waals surface area contributed by atoms with E-state index in [1.54, 1.807) is 0 Å². The van der Waals surface area contributed by atoms with E-state index < -0.39 is 20.5 Å². The summed E-state index contributed by atoms with van der Waals surface area (Å²) in [6.45, 7) is 6.30. The lowest BCUT2D eigenvalue weighted by atomic mass is 10.3. The van der Waals surface area contributed by atoms with E-state index >= 15 is 0 Å². The molecule has 0 aromatic rings. The molecule has 7 heteroatoms. The second kappa shape index (κ2) is 10.5. The van der Waals surface area contributed by atoms with E-state index in [4.69, 9.17) is 9.16 Å². The van der Waals surface area contributed by atoms with E-state index in [0.29, 0.717) is 0 Å². The van der Waals surface area contributed by atoms with Gasteiger partial charge >= 0.3 is 12.2 Å². The van der Waals surface area contributed by atoms with Crippen LogP contribution >= 0.6 is 0 Å².